The predicted octanol–water partition coefficient (Wildman–Crippen LogP) is 5.32. The minimum atomic E-state index is -4.39. The molecule has 4 nitrogen and oxygen atoms in total. The summed E-state index contributed by atoms with van der Waals surface area (Å²) in [5.74, 6) is 0.341. The highest BCUT2D eigenvalue weighted by molar-refractivity contribution is 9.18. The van der Waals surface area contributed by atoms with E-state index in [0.717, 1.165) is 33.7 Å². The van der Waals surface area contributed by atoms with Crippen molar-refractivity contribution in [1.82, 2.24) is 4.98 Å². The molecular weight excluding hydrogens is 387 g/mol. The Morgan fingerprint density at radius 1 is 1.25 bits per heavy atom. The standard InChI is InChI=1S/C16H13BrF3N3O/c1-9-2-3-10(13-7-14(17)23-24-13)6-12(9)22-15-5-4-11(8-21-15)16(18,19)20/h2-6,8,13H,7H2,1H3,(H,21,22)/t13-/m1/s1. The Hall–Kier alpha value is -2.09. The third-order valence-electron chi connectivity index (χ3n) is 3.62. The van der Waals surface area contributed by atoms with Crippen molar-refractivity contribution in [1.29, 1.82) is 0 Å². The van der Waals surface area contributed by atoms with Crippen LogP contribution in [0.5, 0.6) is 0 Å². The van der Waals surface area contributed by atoms with Gasteiger partial charge in [0.1, 0.15) is 10.4 Å². The Kier molecular flexibility index (Phi) is 4.49. The van der Waals surface area contributed by atoms with Crippen LogP contribution in [-0.2, 0) is 11.0 Å². The molecule has 1 aliphatic heterocycles. The molecule has 1 atom stereocenters. The van der Waals surface area contributed by atoms with Crippen molar-refractivity contribution in [2.24, 2.45) is 5.16 Å². The van der Waals surface area contributed by atoms with Crippen molar-refractivity contribution in [3.8, 4) is 0 Å². The number of oxime groups is 1. The van der Waals surface area contributed by atoms with Gasteiger partial charge in [-0.15, -0.1) is 0 Å². The van der Waals surface area contributed by atoms with Crippen LogP contribution in [0.3, 0.4) is 0 Å². The minimum absolute atomic E-state index is 0.180. The number of rotatable bonds is 3. The SMILES string of the molecule is Cc1ccc([C@H]2CC(Br)=NO2)cc1Nc1ccc(C(F)(F)F)cn1. The monoisotopic (exact) mass is 399 g/mol. The third-order valence-corrected chi connectivity index (χ3v) is 4.09. The number of aryl methyl sites for hydroxylation is 1. The summed E-state index contributed by atoms with van der Waals surface area (Å²) in [6.45, 7) is 1.90. The van der Waals surface area contributed by atoms with Crippen molar-refractivity contribution in [2.45, 2.75) is 25.6 Å². The van der Waals surface area contributed by atoms with E-state index in [1.54, 1.807) is 0 Å². The maximum absolute atomic E-state index is 12.6. The molecule has 1 N–H and O–H groups in total. The summed E-state index contributed by atoms with van der Waals surface area (Å²) in [7, 11) is 0. The smallest absolute Gasteiger partial charge is 0.386 e. The van der Waals surface area contributed by atoms with Gasteiger partial charge in [-0.2, -0.15) is 13.2 Å². The van der Waals surface area contributed by atoms with Gasteiger partial charge in [0.25, 0.3) is 0 Å². The second-order valence-corrected chi connectivity index (χ2v) is 6.31. The molecule has 0 aliphatic carbocycles. The first-order chi connectivity index (χ1) is 11.3. The Morgan fingerprint density at radius 3 is 2.62 bits per heavy atom. The fraction of sp³-hybridized carbons (Fsp3) is 0.250. The lowest BCUT2D eigenvalue weighted by molar-refractivity contribution is -0.137. The van der Waals surface area contributed by atoms with E-state index in [0.29, 0.717) is 12.2 Å². The number of alkyl halides is 3. The number of anilines is 2. The minimum Gasteiger partial charge on any atom is -0.386 e. The van der Waals surface area contributed by atoms with Crippen LogP contribution in [0.2, 0.25) is 0 Å². The highest BCUT2D eigenvalue weighted by Crippen LogP contribution is 2.33. The summed E-state index contributed by atoms with van der Waals surface area (Å²) in [6, 6.07) is 8.05. The van der Waals surface area contributed by atoms with E-state index in [1.165, 1.54) is 6.07 Å². The second-order valence-electron chi connectivity index (χ2n) is 5.39. The van der Waals surface area contributed by atoms with E-state index in [4.69, 9.17) is 4.84 Å². The summed E-state index contributed by atoms with van der Waals surface area (Å²) >= 11 is 3.29. The summed E-state index contributed by atoms with van der Waals surface area (Å²) in [6.07, 6.45) is -3.12. The zero-order valence-corrected chi connectivity index (χ0v) is 14.1. The van der Waals surface area contributed by atoms with Crippen LogP contribution < -0.4 is 5.32 Å². The molecule has 126 valence electrons. The Bertz CT molecular complexity index is 775. The molecule has 0 bridgehead atoms. The summed E-state index contributed by atoms with van der Waals surface area (Å²) in [4.78, 5) is 9.15. The van der Waals surface area contributed by atoms with Crippen LogP contribution in [0, 0.1) is 6.92 Å². The van der Waals surface area contributed by atoms with E-state index in [1.807, 2.05) is 25.1 Å². The van der Waals surface area contributed by atoms with Crippen LogP contribution in [0.1, 0.15) is 29.2 Å². The van der Waals surface area contributed by atoms with Gasteiger partial charge >= 0.3 is 6.18 Å². The van der Waals surface area contributed by atoms with Gasteiger partial charge < -0.3 is 10.2 Å². The number of nitrogens with one attached hydrogen (secondary N) is 1. The predicted molar refractivity (Wildman–Crippen MR) is 88.5 cm³/mol. The lowest BCUT2D eigenvalue weighted by atomic mass is 10.0. The number of nitrogens with zero attached hydrogens (tertiary/aromatic N) is 2. The molecule has 0 saturated heterocycles. The van der Waals surface area contributed by atoms with E-state index in [-0.39, 0.29) is 6.10 Å². The van der Waals surface area contributed by atoms with Crippen molar-refractivity contribution in [2.75, 3.05) is 5.32 Å². The molecule has 1 aromatic carbocycles. The van der Waals surface area contributed by atoms with Crippen molar-refractivity contribution >= 4 is 32.1 Å². The number of pyridine rings is 1. The quantitative estimate of drug-likeness (QED) is 0.759. The van der Waals surface area contributed by atoms with Crippen LogP contribution in [0.15, 0.2) is 41.7 Å². The van der Waals surface area contributed by atoms with Crippen LogP contribution in [-0.4, -0.2) is 9.60 Å². The molecule has 2 heterocycles. The maximum Gasteiger partial charge on any atom is 0.417 e. The molecule has 8 heteroatoms. The highest BCUT2D eigenvalue weighted by Gasteiger charge is 2.30. The lowest BCUT2D eigenvalue weighted by Gasteiger charge is -2.14. The van der Waals surface area contributed by atoms with E-state index < -0.39 is 11.7 Å². The van der Waals surface area contributed by atoms with Gasteiger partial charge in [0, 0.05) is 18.3 Å². The molecule has 0 fully saturated rings. The Labute approximate surface area is 144 Å². The topological polar surface area (TPSA) is 46.5 Å². The first-order valence-corrected chi connectivity index (χ1v) is 7.91. The Balaban J connectivity index is 1.79. The zero-order valence-electron chi connectivity index (χ0n) is 12.6. The van der Waals surface area contributed by atoms with E-state index in [2.05, 4.69) is 31.4 Å². The van der Waals surface area contributed by atoms with E-state index in [9.17, 15) is 13.2 Å². The molecule has 1 aromatic heterocycles. The molecule has 24 heavy (non-hydrogen) atoms. The van der Waals surface area contributed by atoms with Crippen molar-refractivity contribution < 1.29 is 18.0 Å². The molecule has 0 saturated carbocycles. The lowest BCUT2D eigenvalue weighted by Crippen LogP contribution is -2.06. The number of hydrogen-bond donors (Lipinski definition) is 1. The zero-order chi connectivity index (χ0) is 17.3. The van der Waals surface area contributed by atoms with Gasteiger partial charge in [-0.3, -0.25) is 0 Å². The summed E-state index contributed by atoms with van der Waals surface area (Å²) in [5, 5.41) is 6.90. The first-order valence-electron chi connectivity index (χ1n) is 7.12. The first kappa shape index (κ1) is 16.8. The van der Waals surface area contributed by atoms with Crippen molar-refractivity contribution in [3.63, 3.8) is 0 Å². The van der Waals surface area contributed by atoms with Gasteiger partial charge in [-0.05, 0) is 52.2 Å². The molecule has 0 radical (unpaired) electrons. The molecule has 0 spiro atoms. The molecule has 3 rings (SSSR count). The third kappa shape index (κ3) is 3.69. The normalized spacial score (nSPS) is 17.4. The van der Waals surface area contributed by atoms with Gasteiger partial charge in [0.15, 0.2) is 6.10 Å². The fourth-order valence-electron chi connectivity index (χ4n) is 2.28. The molecule has 0 unspecified atom stereocenters. The second kappa shape index (κ2) is 6.43. The number of halogens is 4. The highest BCUT2D eigenvalue weighted by atomic mass is 79.9. The summed E-state index contributed by atoms with van der Waals surface area (Å²) in [5.41, 5.74) is 1.85. The number of aromatic nitrogens is 1. The number of hydrogen-bond acceptors (Lipinski definition) is 4. The largest absolute Gasteiger partial charge is 0.417 e. The van der Waals surface area contributed by atoms with Crippen molar-refractivity contribution in [3.05, 3.63) is 53.2 Å². The van der Waals surface area contributed by atoms with Gasteiger partial charge in [0.2, 0.25) is 0 Å². The maximum atomic E-state index is 12.6. The van der Waals surface area contributed by atoms with E-state index >= 15 is 0 Å². The molecule has 1 aliphatic rings. The summed E-state index contributed by atoms with van der Waals surface area (Å²) < 4.78 is 38.5. The van der Waals surface area contributed by atoms with Gasteiger partial charge in [-0.25, -0.2) is 4.98 Å². The van der Waals surface area contributed by atoms with Gasteiger partial charge in [-0.1, -0.05) is 17.3 Å². The average molecular weight is 400 g/mol. The van der Waals surface area contributed by atoms with Crippen LogP contribution in [0.4, 0.5) is 24.7 Å². The molecular formula is C16H13BrF3N3O. The van der Waals surface area contributed by atoms with Crippen LogP contribution in [0.25, 0.3) is 0 Å². The molecule has 2 aromatic rings. The van der Waals surface area contributed by atoms with Gasteiger partial charge in [0.05, 0.1) is 5.56 Å². The fourth-order valence-corrected chi connectivity index (χ4v) is 2.65. The Morgan fingerprint density at radius 2 is 2.04 bits per heavy atom. The van der Waals surface area contributed by atoms with Crippen LogP contribution >= 0.6 is 15.9 Å². The average Bonchev–Trinajstić information content (AvgIpc) is 2.96. The number of benzene rings is 1. The molecule has 0 amide bonds.